The van der Waals surface area contributed by atoms with Gasteiger partial charge in [0.25, 0.3) is 11.6 Å². The summed E-state index contributed by atoms with van der Waals surface area (Å²) in [5.74, 6) is 0.245. The first kappa shape index (κ1) is 20.7. The molecule has 7 nitrogen and oxygen atoms in total. The topological polar surface area (TPSA) is 93.7 Å². The van der Waals surface area contributed by atoms with Crippen molar-refractivity contribution in [3.8, 4) is 11.3 Å². The van der Waals surface area contributed by atoms with Crippen LogP contribution in [0.25, 0.3) is 17.4 Å². The summed E-state index contributed by atoms with van der Waals surface area (Å²) in [5, 5.41) is 11.3. The Labute approximate surface area is 186 Å². The number of nitro benzene ring substituents is 1. The van der Waals surface area contributed by atoms with Gasteiger partial charge in [-0.05, 0) is 37.3 Å². The fraction of sp³-hybridized carbons (Fsp3) is 0.0455. The third-order valence-electron chi connectivity index (χ3n) is 4.57. The minimum atomic E-state index is -0.474. The third kappa shape index (κ3) is 4.05. The number of Topliss-reactive ketones (excluding diaryl/α,β-unsaturated/α-hetero) is 1. The Morgan fingerprint density at radius 2 is 1.94 bits per heavy atom. The van der Waals surface area contributed by atoms with Crippen molar-refractivity contribution in [2.45, 2.75) is 6.92 Å². The van der Waals surface area contributed by atoms with Crippen molar-refractivity contribution in [3.63, 3.8) is 0 Å². The van der Waals surface area contributed by atoms with E-state index in [1.165, 1.54) is 17.9 Å². The van der Waals surface area contributed by atoms with Crippen LogP contribution >= 0.6 is 24.0 Å². The second kappa shape index (κ2) is 8.29. The lowest BCUT2D eigenvalue weighted by Crippen LogP contribution is -2.27. The van der Waals surface area contributed by atoms with E-state index in [1.807, 2.05) is 0 Å². The lowest BCUT2D eigenvalue weighted by Gasteiger charge is -2.15. The number of hydrogen-bond acceptors (Lipinski definition) is 7. The monoisotopic (exact) mass is 450 g/mol. The molecule has 1 fully saturated rings. The van der Waals surface area contributed by atoms with Crippen molar-refractivity contribution in [3.05, 3.63) is 87.0 Å². The van der Waals surface area contributed by atoms with Crippen molar-refractivity contribution in [1.82, 2.24) is 0 Å². The minimum Gasteiger partial charge on any atom is -0.456 e. The number of carbonyl (C=O) groups excluding carboxylic acids is 2. The predicted octanol–water partition coefficient (Wildman–Crippen LogP) is 5.46. The van der Waals surface area contributed by atoms with Gasteiger partial charge in [-0.15, -0.1) is 0 Å². The standard InChI is InChI=1S/C22H14N2O5S2/c1-13(25)14-5-4-6-15(11-14)23-21(26)20(31-22(23)30)12-16-9-10-19(29-16)17-7-2-3-8-18(17)24(27)28/h2-12H,1H3/b20-12+. The number of anilines is 1. The molecule has 3 aromatic rings. The van der Waals surface area contributed by atoms with Crippen LogP contribution in [0.5, 0.6) is 0 Å². The summed E-state index contributed by atoms with van der Waals surface area (Å²) in [6.45, 7) is 1.45. The van der Waals surface area contributed by atoms with E-state index >= 15 is 0 Å². The van der Waals surface area contributed by atoms with Gasteiger partial charge in [0.05, 0.1) is 21.1 Å². The molecule has 154 valence electrons. The Morgan fingerprint density at radius 3 is 2.68 bits per heavy atom. The summed E-state index contributed by atoms with van der Waals surface area (Å²) in [6.07, 6.45) is 1.55. The van der Waals surface area contributed by atoms with Crippen LogP contribution in [0, 0.1) is 10.1 Å². The van der Waals surface area contributed by atoms with E-state index in [1.54, 1.807) is 60.7 Å². The molecule has 2 heterocycles. The fourth-order valence-corrected chi connectivity index (χ4v) is 4.38. The molecule has 2 aromatic carbocycles. The van der Waals surface area contributed by atoms with Gasteiger partial charge in [-0.2, -0.15) is 0 Å². The number of amides is 1. The number of nitro groups is 1. The summed E-state index contributed by atoms with van der Waals surface area (Å²) < 4.78 is 6.08. The van der Waals surface area contributed by atoms with Crippen molar-refractivity contribution < 1.29 is 18.9 Å². The Hall–Kier alpha value is -3.56. The van der Waals surface area contributed by atoms with Gasteiger partial charge in [-0.1, -0.05) is 48.2 Å². The molecule has 0 atom stereocenters. The number of carbonyl (C=O) groups is 2. The molecule has 1 amide bonds. The van der Waals surface area contributed by atoms with Crippen molar-refractivity contribution in [2.24, 2.45) is 0 Å². The SMILES string of the molecule is CC(=O)c1cccc(N2C(=O)/C(=C\c3ccc(-c4ccccc4[N+](=O)[O-])o3)SC2=S)c1. The number of hydrogen-bond donors (Lipinski definition) is 0. The summed E-state index contributed by atoms with van der Waals surface area (Å²) in [7, 11) is 0. The molecule has 0 aliphatic carbocycles. The van der Waals surface area contributed by atoms with Gasteiger partial charge in [0.15, 0.2) is 10.1 Å². The molecule has 0 spiro atoms. The molecule has 1 aromatic heterocycles. The van der Waals surface area contributed by atoms with Crippen LogP contribution < -0.4 is 4.90 Å². The van der Waals surface area contributed by atoms with Crippen molar-refractivity contribution in [2.75, 3.05) is 4.90 Å². The first-order valence-corrected chi connectivity index (χ1v) is 10.3. The molecule has 0 radical (unpaired) electrons. The molecule has 0 N–H and O–H groups in total. The Kier molecular flexibility index (Phi) is 5.53. The molecule has 31 heavy (non-hydrogen) atoms. The lowest BCUT2D eigenvalue weighted by molar-refractivity contribution is -0.384. The number of nitrogens with zero attached hydrogens (tertiary/aromatic N) is 2. The summed E-state index contributed by atoms with van der Waals surface area (Å²) >= 11 is 6.48. The van der Waals surface area contributed by atoms with Gasteiger partial charge in [0.1, 0.15) is 11.5 Å². The average Bonchev–Trinajstić information content (AvgIpc) is 3.32. The van der Waals surface area contributed by atoms with Crippen molar-refractivity contribution in [1.29, 1.82) is 0 Å². The zero-order valence-corrected chi connectivity index (χ0v) is 17.7. The third-order valence-corrected chi connectivity index (χ3v) is 5.87. The number of para-hydroxylation sites is 1. The first-order valence-electron chi connectivity index (χ1n) is 9.08. The van der Waals surface area contributed by atoms with E-state index in [-0.39, 0.29) is 17.4 Å². The molecule has 4 rings (SSSR count). The quantitative estimate of drug-likeness (QED) is 0.167. The number of furan rings is 1. The number of rotatable bonds is 5. The van der Waals surface area contributed by atoms with Crippen LogP contribution in [0.4, 0.5) is 11.4 Å². The maximum absolute atomic E-state index is 13.0. The lowest BCUT2D eigenvalue weighted by atomic mass is 10.1. The molecule has 1 aliphatic rings. The number of benzene rings is 2. The molecule has 0 unspecified atom stereocenters. The van der Waals surface area contributed by atoms with E-state index in [0.717, 1.165) is 11.8 Å². The Balaban J connectivity index is 1.64. The van der Waals surface area contributed by atoms with Crippen LogP contribution in [0.15, 0.2) is 70.0 Å². The van der Waals surface area contributed by atoms with Gasteiger partial charge in [0, 0.05) is 17.7 Å². The summed E-state index contributed by atoms with van der Waals surface area (Å²) in [6, 6.07) is 16.2. The first-order chi connectivity index (χ1) is 14.8. The van der Waals surface area contributed by atoms with E-state index in [2.05, 4.69) is 0 Å². The number of thioether (sulfide) groups is 1. The van der Waals surface area contributed by atoms with Crippen LogP contribution in [0.1, 0.15) is 23.0 Å². The molecular weight excluding hydrogens is 436 g/mol. The second-order valence-electron chi connectivity index (χ2n) is 6.60. The molecule has 1 aliphatic heterocycles. The Bertz CT molecular complexity index is 1280. The number of ketones is 1. The van der Waals surface area contributed by atoms with E-state index in [4.69, 9.17) is 16.6 Å². The van der Waals surface area contributed by atoms with E-state index in [0.29, 0.717) is 37.6 Å². The van der Waals surface area contributed by atoms with Gasteiger partial charge in [-0.25, -0.2) is 0 Å². The summed E-state index contributed by atoms with van der Waals surface area (Å²) in [5.41, 5.74) is 1.27. The summed E-state index contributed by atoms with van der Waals surface area (Å²) in [4.78, 5) is 37.1. The van der Waals surface area contributed by atoms with Crippen LogP contribution in [-0.2, 0) is 4.79 Å². The smallest absolute Gasteiger partial charge is 0.280 e. The van der Waals surface area contributed by atoms with Crippen LogP contribution in [-0.4, -0.2) is 20.9 Å². The van der Waals surface area contributed by atoms with Gasteiger partial charge in [-0.3, -0.25) is 24.6 Å². The van der Waals surface area contributed by atoms with Crippen molar-refractivity contribution >= 4 is 57.4 Å². The highest BCUT2D eigenvalue weighted by Crippen LogP contribution is 2.37. The van der Waals surface area contributed by atoms with Crippen LogP contribution in [0.3, 0.4) is 0 Å². The molecule has 0 bridgehead atoms. The Morgan fingerprint density at radius 1 is 1.16 bits per heavy atom. The molecule has 9 heteroatoms. The highest BCUT2D eigenvalue weighted by molar-refractivity contribution is 8.27. The highest BCUT2D eigenvalue weighted by atomic mass is 32.2. The van der Waals surface area contributed by atoms with E-state index in [9.17, 15) is 19.7 Å². The van der Waals surface area contributed by atoms with E-state index < -0.39 is 4.92 Å². The maximum Gasteiger partial charge on any atom is 0.280 e. The average molecular weight is 450 g/mol. The largest absolute Gasteiger partial charge is 0.456 e. The number of thiocarbonyl (C=S) groups is 1. The maximum atomic E-state index is 13.0. The normalized spacial score (nSPS) is 15.0. The second-order valence-corrected chi connectivity index (χ2v) is 8.28. The highest BCUT2D eigenvalue weighted by Gasteiger charge is 2.33. The van der Waals surface area contributed by atoms with Crippen LogP contribution in [0.2, 0.25) is 0 Å². The zero-order valence-electron chi connectivity index (χ0n) is 16.1. The zero-order chi connectivity index (χ0) is 22.1. The molecular formula is C22H14N2O5S2. The van der Waals surface area contributed by atoms with Gasteiger partial charge >= 0.3 is 0 Å². The van der Waals surface area contributed by atoms with Gasteiger partial charge < -0.3 is 4.42 Å². The minimum absolute atomic E-state index is 0.0694. The molecule has 0 saturated carbocycles. The van der Waals surface area contributed by atoms with Gasteiger partial charge in [0.2, 0.25) is 0 Å². The predicted molar refractivity (Wildman–Crippen MR) is 123 cm³/mol. The molecule has 1 saturated heterocycles. The fourth-order valence-electron chi connectivity index (χ4n) is 3.10.